The molecule has 1 heterocycles. The average Bonchev–Trinajstić information content (AvgIpc) is 2.89. The van der Waals surface area contributed by atoms with Gasteiger partial charge in [-0.3, -0.25) is 9.59 Å². The summed E-state index contributed by atoms with van der Waals surface area (Å²) in [5.41, 5.74) is 2.50. The number of anilines is 1. The van der Waals surface area contributed by atoms with Crippen LogP contribution >= 0.6 is 23.2 Å². The number of alkyl halides is 3. The van der Waals surface area contributed by atoms with Crippen LogP contribution in [-0.2, 0) is 22.6 Å². The number of benzene rings is 3. The highest BCUT2D eigenvalue weighted by Gasteiger charge is 2.40. The summed E-state index contributed by atoms with van der Waals surface area (Å²) in [5, 5.41) is 14.3. The van der Waals surface area contributed by atoms with Crippen LogP contribution in [0.15, 0.2) is 69.9 Å². The highest BCUT2D eigenvalue weighted by molar-refractivity contribution is 6.39. The molecule has 3 N–H and O–H groups in total. The highest BCUT2D eigenvalue weighted by atomic mass is 35.5. The number of hydrogen-bond acceptors (Lipinski definition) is 5. The van der Waals surface area contributed by atoms with E-state index in [0.717, 1.165) is 5.56 Å². The van der Waals surface area contributed by atoms with Crippen molar-refractivity contribution in [2.24, 2.45) is 0 Å². The number of halogens is 5. The average molecular weight is 593 g/mol. The number of para-hydroxylation sites is 1. The van der Waals surface area contributed by atoms with E-state index in [0.29, 0.717) is 27.9 Å². The van der Waals surface area contributed by atoms with Gasteiger partial charge in [0.05, 0.1) is 21.1 Å². The van der Waals surface area contributed by atoms with Gasteiger partial charge in [-0.05, 0) is 30.7 Å². The molecule has 0 aliphatic heterocycles. The number of carbonyl (C=O) groups excluding carboxylic acids is 1. The minimum absolute atomic E-state index is 0.0660. The second-order valence-corrected chi connectivity index (χ2v) is 9.71. The first-order valence-corrected chi connectivity index (χ1v) is 12.6. The number of fused-ring (bicyclic) bond motifs is 1. The lowest BCUT2D eigenvalue weighted by Gasteiger charge is -2.18. The van der Waals surface area contributed by atoms with Gasteiger partial charge in [0.1, 0.15) is 17.4 Å². The molecule has 0 fully saturated rings. The topological polar surface area (TPSA) is 109 Å². The second kappa shape index (κ2) is 11.6. The summed E-state index contributed by atoms with van der Waals surface area (Å²) in [4.78, 5) is 35.8. The number of carbonyl (C=O) groups is 2. The predicted molar refractivity (Wildman–Crippen MR) is 146 cm³/mol. The normalized spacial score (nSPS) is 12.2. The van der Waals surface area contributed by atoms with Gasteiger partial charge in [0.15, 0.2) is 5.43 Å². The molecule has 0 unspecified atom stereocenters. The lowest BCUT2D eigenvalue weighted by atomic mass is 10.0. The van der Waals surface area contributed by atoms with Gasteiger partial charge in [0.2, 0.25) is 0 Å². The number of hydrogen-bond donors (Lipinski definition) is 3. The molecule has 0 saturated heterocycles. The fourth-order valence-corrected chi connectivity index (χ4v) is 4.81. The number of rotatable bonds is 8. The summed E-state index contributed by atoms with van der Waals surface area (Å²) in [6, 6.07) is 15.2. The van der Waals surface area contributed by atoms with Crippen LogP contribution in [0.5, 0.6) is 0 Å². The molecule has 1 atom stereocenters. The second-order valence-electron chi connectivity index (χ2n) is 8.90. The van der Waals surface area contributed by atoms with Gasteiger partial charge in [-0.2, -0.15) is 13.2 Å². The Morgan fingerprint density at radius 1 is 1.02 bits per heavy atom. The molecule has 40 heavy (non-hydrogen) atoms. The summed E-state index contributed by atoms with van der Waals surface area (Å²) in [6.45, 7) is 1.83. The van der Waals surface area contributed by atoms with Crippen molar-refractivity contribution in [3.05, 3.63) is 97.6 Å². The number of amides is 1. The molecule has 12 heteroatoms. The Morgan fingerprint density at radius 2 is 1.68 bits per heavy atom. The highest BCUT2D eigenvalue weighted by Crippen LogP contribution is 2.34. The van der Waals surface area contributed by atoms with Crippen molar-refractivity contribution >= 4 is 51.7 Å². The molecule has 0 saturated carbocycles. The molecule has 1 aromatic heterocycles. The van der Waals surface area contributed by atoms with Gasteiger partial charge in [-0.25, -0.2) is 4.79 Å². The molecule has 0 spiro atoms. The molecule has 4 aromatic rings. The number of carboxylic acid groups (broad SMARTS) is 1. The standard InChI is InChI=1S/C28H21Cl2F3N2O5/c1-14-23(36)18-9-5-8-17(25(18)40-24(14)16-6-3-2-4-7-16)13-34-22-19(29)10-15(11-20(22)30)12-21(26(37)38)35-27(39)28(31,32)33/h2-11,21,34H,12-13H2,1H3,(H,35,39)(H,37,38)/t21-/m0/s1. The van der Waals surface area contributed by atoms with Gasteiger partial charge in [0, 0.05) is 29.7 Å². The quantitative estimate of drug-likeness (QED) is 0.220. The fourth-order valence-electron chi connectivity index (χ4n) is 4.14. The molecule has 0 aliphatic rings. The van der Waals surface area contributed by atoms with Crippen molar-refractivity contribution in [2.45, 2.75) is 32.1 Å². The Labute approximate surface area is 235 Å². The zero-order valence-electron chi connectivity index (χ0n) is 20.7. The van der Waals surface area contributed by atoms with E-state index in [1.807, 2.05) is 30.3 Å². The van der Waals surface area contributed by atoms with Crippen LogP contribution in [-0.4, -0.2) is 29.2 Å². The maximum Gasteiger partial charge on any atom is 0.471 e. The third-order valence-electron chi connectivity index (χ3n) is 6.12. The number of carboxylic acids is 1. The largest absolute Gasteiger partial charge is 0.480 e. The summed E-state index contributed by atoms with van der Waals surface area (Å²) >= 11 is 12.8. The summed E-state index contributed by atoms with van der Waals surface area (Å²) in [7, 11) is 0. The summed E-state index contributed by atoms with van der Waals surface area (Å²) < 4.78 is 44.0. The van der Waals surface area contributed by atoms with Gasteiger partial charge in [-0.1, -0.05) is 65.7 Å². The van der Waals surface area contributed by atoms with Crippen LogP contribution in [0.3, 0.4) is 0 Å². The van der Waals surface area contributed by atoms with Crippen molar-refractivity contribution in [3.8, 4) is 11.3 Å². The van der Waals surface area contributed by atoms with Gasteiger partial charge in [0.25, 0.3) is 0 Å². The molecule has 208 valence electrons. The Kier molecular flexibility index (Phi) is 8.41. The van der Waals surface area contributed by atoms with Crippen LogP contribution in [0.25, 0.3) is 22.3 Å². The summed E-state index contributed by atoms with van der Waals surface area (Å²) in [5.74, 6) is -3.59. The molecular weight excluding hydrogens is 572 g/mol. The van der Waals surface area contributed by atoms with Crippen LogP contribution < -0.4 is 16.1 Å². The zero-order chi connectivity index (χ0) is 29.2. The molecule has 7 nitrogen and oxygen atoms in total. The maximum absolute atomic E-state index is 13.1. The van der Waals surface area contributed by atoms with Crippen molar-refractivity contribution in [3.63, 3.8) is 0 Å². The van der Waals surface area contributed by atoms with Gasteiger partial charge in [-0.15, -0.1) is 0 Å². The van der Waals surface area contributed by atoms with Gasteiger partial charge < -0.3 is 20.2 Å². The number of aliphatic carboxylic acids is 1. The third kappa shape index (κ3) is 6.24. The van der Waals surface area contributed by atoms with E-state index in [4.69, 9.17) is 27.6 Å². The van der Waals surface area contributed by atoms with E-state index in [1.54, 1.807) is 25.1 Å². The van der Waals surface area contributed by atoms with E-state index in [2.05, 4.69) is 5.32 Å². The van der Waals surface area contributed by atoms with E-state index in [-0.39, 0.29) is 33.3 Å². The summed E-state index contributed by atoms with van der Waals surface area (Å²) in [6.07, 6.45) is -5.73. The number of nitrogens with one attached hydrogen (secondary N) is 2. The Morgan fingerprint density at radius 3 is 2.27 bits per heavy atom. The van der Waals surface area contributed by atoms with Crippen molar-refractivity contribution in [1.82, 2.24) is 5.32 Å². The van der Waals surface area contributed by atoms with Crippen LogP contribution in [0.4, 0.5) is 18.9 Å². The monoisotopic (exact) mass is 592 g/mol. The lowest BCUT2D eigenvalue weighted by Crippen LogP contribution is -2.47. The van der Waals surface area contributed by atoms with Crippen LogP contribution in [0.2, 0.25) is 10.0 Å². The molecule has 4 rings (SSSR count). The Bertz CT molecular complexity index is 1630. The molecule has 3 aromatic carbocycles. The minimum atomic E-state index is -5.24. The molecule has 1 amide bonds. The molecule has 0 aliphatic carbocycles. The predicted octanol–water partition coefficient (Wildman–Crippen LogP) is 6.36. The smallest absolute Gasteiger partial charge is 0.471 e. The van der Waals surface area contributed by atoms with Crippen LogP contribution in [0, 0.1) is 6.92 Å². The van der Waals surface area contributed by atoms with Crippen molar-refractivity contribution in [1.29, 1.82) is 0 Å². The zero-order valence-corrected chi connectivity index (χ0v) is 22.2. The van der Waals surface area contributed by atoms with E-state index in [1.165, 1.54) is 17.4 Å². The molecular formula is C28H21Cl2F3N2O5. The molecule has 0 bridgehead atoms. The first kappa shape index (κ1) is 29.0. The van der Waals surface area contributed by atoms with E-state index < -0.39 is 30.5 Å². The minimum Gasteiger partial charge on any atom is -0.480 e. The van der Waals surface area contributed by atoms with Crippen LogP contribution in [0.1, 0.15) is 16.7 Å². The first-order chi connectivity index (χ1) is 18.9. The Hall–Kier alpha value is -4.02. The lowest BCUT2D eigenvalue weighted by molar-refractivity contribution is -0.175. The Balaban J connectivity index is 1.60. The SMILES string of the molecule is Cc1c(-c2ccccc2)oc2c(CNc3c(Cl)cc(C[C@H](NC(=O)C(F)(F)F)C(=O)O)cc3Cl)cccc2c1=O. The molecule has 0 radical (unpaired) electrons. The first-order valence-electron chi connectivity index (χ1n) is 11.8. The third-order valence-corrected chi connectivity index (χ3v) is 6.72. The van der Waals surface area contributed by atoms with Crippen molar-refractivity contribution < 1.29 is 32.3 Å². The maximum atomic E-state index is 13.1. The van der Waals surface area contributed by atoms with Gasteiger partial charge >= 0.3 is 18.1 Å². The van der Waals surface area contributed by atoms with E-state index in [9.17, 15) is 32.7 Å². The van der Waals surface area contributed by atoms with Crippen molar-refractivity contribution in [2.75, 3.05) is 5.32 Å². The van der Waals surface area contributed by atoms with E-state index >= 15 is 0 Å². The fraction of sp³-hybridized carbons (Fsp3) is 0.179.